The summed E-state index contributed by atoms with van der Waals surface area (Å²) in [4.78, 5) is 11.9. The Morgan fingerprint density at radius 2 is 2.24 bits per heavy atom. The minimum absolute atomic E-state index is 0.0805. The minimum Gasteiger partial charge on any atom is -0.351 e. The maximum Gasteiger partial charge on any atom is 0.272 e. The Bertz CT molecular complexity index is 542. The van der Waals surface area contributed by atoms with E-state index in [0.29, 0.717) is 5.69 Å². The average Bonchev–Trinajstić information content (AvgIpc) is 3.07. The van der Waals surface area contributed by atoms with Crippen molar-refractivity contribution in [3.63, 3.8) is 0 Å². The number of carbonyl (C=O) groups excluding carboxylic acids is 1. The molecule has 2 aromatic rings. The SMILES string of the molecule is O=C(NCCC1CC1)c1n[nH]c2ccccc12. The average molecular weight is 229 g/mol. The Hall–Kier alpha value is -1.84. The van der Waals surface area contributed by atoms with E-state index in [1.807, 2.05) is 24.3 Å². The molecule has 4 heteroatoms. The van der Waals surface area contributed by atoms with Crippen molar-refractivity contribution < 1.29 is 4.79 Å². The summed E-state index contributed by atoms with van der Waals surface area (Å²) in [5.74, 6) is 0.759. The zero-order valence-electron chi connectivity index (χ0n) is 9.57. The lowest BCUT2D eigenvalue weighted by Crippen LogP contribution is -2.25. The lowest BCUT2D eigenvalue weighted by atomic mass is 10.2. The number of fused-ring (bicyclic) bond motifs is 1. The van der Waals surface area contributed by atoms with Crippen LogP contribution in [0.3, 0.4) is 0 Å². The molecule has 1 aromatic carbocycles. The van der Waals surface area contributed by atoms with Gasteiger partial charge in [-0.05, 0) is 18.4 Å². The van der Waals surface area contributed by atoms with Crippen LogP contribution in [0, 0.1) is 5.92 Å². The highest BCUT2D eigenvalue weighted by molar-refractivity contribution is 6.04. The van der Waals surface area contributed by atoms with E-state index in [4.69, 9.17) is 0 Å². The van der Waals surface area contributed by atoms with Gasteiger partial charge in [0.2, 0.25) is 0 Å². The van der Waals surface area contributed by atoms with Gasteiger partial charge < -0.3 is 5.32 Å². The number of rotatable bonds is 4. The van der Waals surface area contributed by atoms with E-state index in [1.165, 1.54) is 12.8 Å². The van der Waals surface area contributed by atoms with Gasteiger partial charge in [0, 0.05) is 11.9 Å². The number of hydrogen-bond acceptors (Lipinski definition) is 2. The Morgan fingerprint density at radius 1 is 1.41 bits per heavy atom. The first kappa shape index (κ1) is 10.3. The first-order chi connectivity index (χ1) is 8.34. The lowest BCUT2D eigenvalue weighted by Gasteiger charge is -2.01. The van der Waals surface area contributed by atoms with Crippen molar-refractivity contribution in [1.29, 1.82) is 0 Å². The third-order valence-electron chi connectivity index (χ3n) is 3.22. The molecule has 1 heterocycles. The molecule has 88 valence electrons. The summed E-state index contributed by atoms with van der Waals surface area (Å²) >= 11 is 0. The first-order valence-electron chi connectivity index (χ1n) is 6.06. The molecule has 1 aliphatic rings. The second-order valence-corrected chi connectivity index (χ2v) is 4.61. The third-order valence-corrected chi connectivity index (χ3v) is 3.22. The summed E-state index contributed by atoms with van der Waals surface area (Å²) in [6.07, 6.45) is 3.73. The van der Waals surface area contributed by atoms with E-state index in [2.05, 4.69) is 15.5 Å². The monoisotopic (exact) mass is 229 g/mol. The fourth-order valence-corrected chi connectivity index (χ4v) is 2.02. The van der Waals surface area contributed by atoms with Gasteiger partial charge in [0.05, 0.1) is 5.52 Å². The van der Waals surface area contributed by atoms with Crippen molar-refractivity contribution in [3.8, 4) is 0 Å². The number of aromatic nitrogens is 2. The van der Waals surface area contributed by atoms with E-state index in [1.54, 1.807) is 0 Å². The predicted molar refractivity (Wildman–Crippen MR) is 65.8 cm³/mol. The number of nitrogens with one attached hydrogen (secondary N) is 2. The predicted octanol–water partition coefficient (Wildman–Crippen LogP) is 2.09. The fraction of sp³-hybridized carbons (Fsp3) is 0.385. The number of amides is 1. The molecule has 1 amide bonds. The van der Waals surface area contributed by atoms with Crippen molar-refractivity contribution in [1.82, 2.24) is 15.5 Å². The van der Waals surface area contributed by atoms with Gasteiger partial charge in [-0.3, -0.25) is 9.89 Å². The van der Waals surface area contributed by atoms with Gasteiger partial charge >= 0.3 is 0 Å². The standard InChI is InChI=1S/C13H15N3O/c17-13(14-8-7-9-5-6-9)12-10-3-1-2-4-11(10)15-16-12/h1-4,9H,5-8H2,(H,14,17)(H,15,16). The van der Waals surface area contributed by atoms with Gasteiger partial charge in [-0.15, -0.1) is 0 Å². The van der Waals surface area contributed by atoms with Crippen molar-refractivity contribution in [3.05, 3.63) is 30.0 Å². The van der Waals surface area contributed by atoms with Crippen molar-refractivity contribution >= 4 is 16.8 Å². The molecule has 1 saturated carbocycles. The molecule has 0 radical (unpaired) electrons. The Labute approximate surface area is 99.4 Å². The number of H-pyrrole nitrogens is 1. The molecule has 1 aliphatic carbocycles. The highest BCUT2D eigenvalue weighted by Crippen LogP contribution is 2.31. The minimum atomic E-state index is -0.0805. The van der Waals surface area contributed by atoms with Gasteiger partial charge in [-0.2, -0.15) is 5.10 Å². The van der Waals surface area contributed by atoms with E-state index >= 15 is 0 Å². The fourth-order valence-electron chi connectivity index (χ4n) is 2.02. The Balaban J connectivity index is 1.71. The summed E-state index contributed by atoms with van der Waals surface area (Å²) in [6.45, 7) is 0.755. The van der Waals surface area contributed by atoms with Crippen LogP contribution in [0.25, 0.3) is 10.9 Å². The molecular weight excluding hydrogens is 214 g/mol. The van der Waals surface area contributed by atoms with E-state index in [0.717, 1.165) is 29.8 Å². The molecule has 1 fully saturated rings. The number of para-hydroxylation sites is 1. The summed E-state index contributed by atoms with van der Waals surface area (Å²) in [6, 6.07) is 7.67. The molecule has 3 rings (SSSR count). The highest BCUT2D eigenvalue weighted by Gasteiger charge is 2.21. The first-order valence-corrected chi connectivity index (χ1v) is 6.06. The third kappa shape index (κ3) is 2.16. The van der Waals surface area contributed by atoms with Gasteiger partial charge in [0.25, 0.3) is 5.91 Å². The van der Waals surface area contributed by atoms with Gasteiger partial charge in [-0.25, -0.2) is 0 Å². The second kappa shape index (κ2) is 4.20. The van der Waals surface area contributed by atoms with Crippen LogP contribution in [0.4, 0.5) is 0 Å². The largest absolute Gasteiger partial charge is 0.351 e. The van der Waals surface area contributed by atoms with Gasteiger partial charge in [0.1, 0.15) is 0 Å². The number of carbonyl (C=O) groups is 1. The molecule has 0 aliphatic heterocycles. The summed E-state index contributed by atoms with van der Waals surface area (Å²) < 4.78 is 0. The van der Waals surface area contributed by atoms with Crippen LogP contribution in [0.1, 0.15) is 29.8 Å². The van der Waals surface area contributed by atoms with Gasteiger partial charge in [0.15, 0.2) is 5.69 Å². The van der Waals surface area contributed by atoms with E-state index in [9.17, 15) is 4.79 Å². The molecular formula is C13H15N3O. The molecule has 0 unspecified atom stereocenters. The zero-order chi connectivity index (χ0) is 11.7. The summed E-state index contributed by atoms with van der Waals surface area (Å²) in [5, 5.41) is 10.8. The molecule has 0 atom stereocenters. The number of benzene rings is 1. The van der Waals surface area contributed by atoms with Crippen molar-refractivity contribution in [2.45, 2.75) is 19.3 Å². The van der Waals surface area contributed by atoms with Crippen molar-refractivity contribution in [2.24, 2.45) is 5.92 Å². The number of aromatic amines is 1. The summed E-state index contributed by atoms with van der Waals surface area (Å²) in [5.41, 5.74) is 1.40. The van der Waals surface area contributed by atoms with E-state index < -0.39 is 0 Å². The Kier molecular flexibility index (Phi) is 2.55. The molecule has 0 saturated heterocycles. The van der Waals surface area contributed by atoms with Gasteiger partial charge in [-0.1, -0.05) is 31.0 Å². The lowest BCUT2D eigenvalue weighted by molar-refractivity contribution is 0.0949. The van der Waals surface area contributed by atoms with Crippen LogP contribution in [-0.4, -0.2) is 22.6 Å². The van der Waals surface area contributed by atoms with Crippen LogP contribution >= 0.6 is 0 Å². The normalized spacial score (nSPS) is 15.1. The highest BCUT2D eigenvalue weighted by atomic mass is 16.1. The second-order valence-electron chi connectivity index (χ2n) is 4.61. The smallest absolute Gasteiger partial charge is 0.272 e. The quantitative estimate of drug-likeness (QED) is 0.843. The number of hydrogen-bond donors (Lipinski definition) is 2. The number of nitrogens with zero attached hydrogens (tertiary/aromatic N) is 1. The van der Waals surface area contributed by atoms with Crippen LogP contribution in [0.15, 0.2) is 24.3 Å². The van der Waals surface area contributed by atoms with E-state index in [-0.39, 0.29) is 5.91 Å². The molecule has 0 spiro atoms. The molecule has 2 N–H and O–H groups in total. The molecule has 1 aromatic heterocycles. The van der Waals surface area contributed by atoms with Crippen LogP contribution in [-0.2, 0) is 0 Å². The zero-order valence-corrected chi connectivity index (χ0v) is 9.57. The maximum atomic E-state index is 11.9. The Morgan fingerprint density at radius 3 is 3.06 bits per heavy atom. The van der Waals surface area contributed by atoms with Crippen LogP contribution in [0.2, 0.25) is 0 Å². The van der Waals surface area contributed by atoms with Crippen molar-refractivity contribution in [2.75, 3.05) is 6.54 Å². The molecule has 17 heavy (non-hydrogen) atoms. The maximum absolute atomic E-state index is 11.9. The summed E-state index contributed by atoms with van der Waals surface area (Å²) in [7, 11) is 0. The van der Waals surface area contributed by atoms with Crippen LogP contribution in [0.5, 0.6) is 0 Å². The molecule has 0 bridgehead atoms. The topological polar surface area (TPSA) is 57.8 Å². The van der Waals surface area contributed by atoms with Crippen LogP contribution < -0.4 is 5.32 Å². The molecule has 4 nitrogen and oxygen atoms in total.